The zero-order valence-electron chi connectivity index (χ0n) is 11.6. The number of amides is 1. The highest BCUT2D eigenvalue weighted by Crippen LogP contribution is 2.13. The number of likely N-dealkylation sites (N-methyl/N-ethyl adjacent to an activating group) is 1. The number of nitrogen functional groups attached to an aromatic ring is 1. The van der Waals surface area contributed by atoms with Crippen molar-refractivity contribution in [3.05, 3.63) is 24.3 Å². The van der Waals surface area contributed by atoms with Crippen molar-refractivity contribution in [2.24, 2.45) is 0 Å². The minimum Gasteiger partial charge on any atom is -0.399 e. The summed E-state index contributed by atoms with van der Waals surface area (Å²) in [5.74, 6) is -0.0532. The average molecular weight is 265 g/mol. The molecule has 0 aliphatic carbocycles. The second-order valence-corrected chi connectivity index (χ2v) is 4.39. The highest BCUT2D eigenvalue weighted by atomic mass is 16.3. The number of nitrogens with two attached hydrogens (primary N) is 1. The van der Waals surface area contributed by atoms with Crippen molar-refractivity contribution in [2.45, 2.75) is 26.3 Å². The largest absolute Gasteiger partial charge is 0.399 e. The first kappa shape index (κ1) is 15.5. The third-order valence-electron chi connectivity index (χ3n) is 3.10. The zero-order chi connectivity index (χ0) is 14.3. The number of aliphatic hydroxyl groups is 1. The van der Waals surface area contributed by atoms with Crippen molar-refractivity contribution in [1.29, 1.82) is 0 Å². The molecule has 0 aliphatic rings. The second-order valence-electron chi connectivity index (χ2n) is 4.39. The minimum atomic E-state index is -0.227. The van der Waals surface area contributed by atoms with E-state index in [9.17, 15) is 4.79 Å². The first-order valence-corrected chi connectivity index (χ1v) is 6.63. The predicted molar refractivity (Wildman–Crippen MR) is 77.9 cm³/mol. The number of nitrogens with zero attached hydrogens (tertiary/aromatic N) is 1. The fourth-order valence-corrected chi connectivity index (χ4v) is 2.06. The Morgan fingerprint density at radius 3 is 2.47 bits per heavy atom. The van der Waals surface area contributed by atoms with Gasteiger partial charge in [0.1, 0.15) is 0 Å². The fraction of sp³-hybridized carbons (Fsp3) is 0.500. The molecule has 0 saturated carbocycles. The van der Waals surface area contributed by atoms with Crippen molar-refractivity contribution in [2.75, 3.05) is 30.7 Å². The van der Waals surface area contributed by atoms with Crippen molar-refractivity contribution < 1.29 is 9.90 Å². The Morgan fingerprint density at radius 1 is 1.37 bits per heavy atom. The summed E-state index contributed by atoms with van der Waals surface area (Å²) in [5.41, 5.74) is 7.01. The quantitative estimate of drug-likeness (QED) is 0.649. The van der Waals surface area contributed by atoms with Crippen LogP contribution in [0.3, 0.4) is 0 Å². The van der Waals surface area contributed by atoms with Gasteiger partial charge in [0.15, 0.2) is 0 Å². The van der Waals surface area contributed by atoms with E-state index in [2.05, 4.69) is 5.32 Å². The van der Waals surface area contributed by atoms with Crippen LogP contribution in [0.15, 0.2) is 24.3 Å². The normalized spacial score (nSPS) is 12.4. The lowest BCUT2D eigenvalue weighted by molar-refractivity contribution is -0.121. The van der Waals surface area contributed by atoms with Gasteiger partial charge in [-0.25, -0.2) is 0 Å². The maximum Gasteiger partial charge on any atom is 0.241 e. The van der Waals surface area contributed by atoms with Gasteiger partial charge in [0.25, 0.3) is 0 Å². The highest BCUT2D eigenvalue weighted by molar-refractivity contribution is 5.94. The van der Waals surface area contributed by atoms with Gasteiger partial charge in [-0.2, -0.15) is 0 Å². The number of nitrogens with one attached hydrogen (secondary N) is 1. The third kappa shape index (κ3) is 4.54. The van der Waals surface area contributed by atoms with E-state index in [1.807, 2.05) is 18.7 Å². The standard InChI is InChI=1S/C14H23N3O2/c1-3-13(17(4-2)9-10-18)14(19)16-12-7-5-11(15)6-8-12/h5-8,13,18H,3-4,9-10,15H2,1-2H3,(H,16,19). The van der Waals surface area contributed by atoms with Gasteiger partial charge in [0, 0.05) is 17.9 Å². The van der Waals surface area contributed by atoms with Gasteiger partial charge in [-0.3, -0.25) is 9.69 Å². The molecule has 5 heteroatoms. The number of anilines is 2. The molecule has 1 aromatic rings. The molecular formula is C14H23N3O2. The molecule has 1 aromatic carbocycles. The first-order valence-electron chi connectivity index (χ1n) is 6.63. The minimum absolute atomic E-state index is 0.0532. The van der Waals surface area contributed by atoms with Crippen LogP contribution in [-0.4, -0.2) is 41.7 Å². The van der Waals surface area contributed by atoms with Gasteiger partial charge in [0.2, 0.25) is 5.91 Å². The fourth-order valence-electron chi connectivity index (χ4n) is 2.06. The number of carbonyl (C=O) groups excluding carboxylic acids is 1. The summed E-state index contributed by atoms with van der Waals surface area (Å²) >= 11 is 0. The Morgan fingerprint density at radius 2 is 2.00 bits per heavy atom. The molecule has 0 fully saturated rings. The highest BCUT2D eigenvalue weighted by Gasteiger charge is 2.22. The molecule has 0 saturated heterocycles. The Balaban J connectivity index is 2.70. The summed E-state index contributed by atoms with van der Waals surface area (Å²) in [6.45, 7) is 5.24. The summed E-state index contributed by atoms with van der Waals surface area (Å²) in [6.07, 6.45) is 0.703. The van der Waals surface area contributed by atoms with E-state index in [1.54, 1.807) is 24.3 Å². The monoisotopic (exact) mass is 265 g/mol. The van der Waals surface area contributed by atoms with E-state index in [0.29, 0.717) is 18.7 Å². The van der Waals surface area contributed by atoms with Gasteiger partial charge >= 0.3 is 0 Å². The number of hydrogen-bond donors (Lipinski definition) is 3. The topological polar surface area (TPSA) is 78.6 Å². The van der Waals surface area contributed by atoms with E-state index in [-0.39, 0.29) is 18.6 Å². The summed E-state index contributed by atoms with van der Waals surface area (Å²) in [7, 11) is 0. The molecule has 1 rings (SSSR count). The zero-order valence-corrected chi connectivity index (χ0v) is 11.6. The Bertz CT molecular complexity index is 392. The first-order chi connectivity index (χ1) is 9.12. The predicted octanol–water partition coefficient (Wildman–Crippen LogP) is 1.30. The average Bonchev–Trinajstić information content (AvgIpc) is 2.41. The summed E-state index contributed by atoms with van der Waals surface area (Å²) < 4.78 is 0. The number of carbonyl (C=O) groups is 1. The molecule has 0 heterocycles. The van der Waals surface area contributed by atoms with E-state index < -0.39 is 0 Å². The van der Waals surface area contributed by atoms with Crippen LogP contribution in [0.5, 0.6) is 0 Å². The van der Waals surface area contributed by atoms with E-state index in [4.69, 9.17) is 10.8 Å². The van der Waals surface area contributed by atoms with Crippen LogP contribution < -0.4 is 11.1 Å². The summed E-state index contributed by atoms with van der Waals surface area (Å²) in [6, 6.07) is 6.84. The number of rotatable bonds is 7. The van der Waals surface area contributed by atoms with Gasteiger partial charge in [0.05, 0.1) is 12.6 Å². The molecule has 0 spiro atoms. The molecular weight excluding hydrogens is 242 g/mol. The van der Waals surface area contributed by atoms with Crippen molar-refractivity contribution >= 4 is 17.3 Å². The molecule has 1 atom stereocenters. The Hall–Kier alpha value is -1.59. The molecule has 0 aromatic heterocycles. The molecule has 0 radical (unpaired) electrons. The van der Waals surface area contributed by atoms with E-state index in [1.165, 1.54) is 0 Å². The van der Waals surface area contributed by atoms with Gasteiger partial charge in [-0.1, -0.05) is 13.8 Å². The molecule has 19 heavy (non-hydrogen) atoms. The lowest BCUT2D eigenvalue weighted by Crippen LogP contribution is -2.44. The Labute approximate surface area is 114 Å². The van der Waals surface area contributed by atoms with Crippen LogP contribution in [0.1, 0.15) is 20.3 Å². The maximum absolute atomic E-state index is 12.2. The summed E-state index contributed by atoms with van der Waals surface area (Å²) in [5, 5.41) is 11.9. The smallest absolute Gasteiger partial charge is 0.241 e. The van der Waals surface area contributed by atoms with Crippen molar-refractivity contribution in [1.82, 2.24) is 4.90 Å². The number of hydrogen-bond acceptors (Lipinski definition) is 4. The molecule has 0 bridgehead atoms. The van der Waals surface area contributed by atoms with Gasteiger partial charge in [-0.15, -0.1) is 0 Å². The molecule has 1 unspecified atom stereocenters. The number of benzene rings is 1. The van der Waals surface area contributed by atoms with Crippen LogP contribution in [-0.2, 0) is 4.79 Å². The Kier molecular flexibility index (Phi) is 6.32. The molecule has 1 amide bonds. The molecule has 106 valence electrons. The van der Waals surface area contributed by atoms with Crippen LogP contribution >= 0.6 is 0 Å². The van der Waals surface area contributed by atoms with Crippen molar-refractivity contribution in [3.63, 3.8) is 0 Å². The lowest BCUT2D eigenvalue weighted by Gasteiger charge is -2.28. The van der Waals surface area contributed by atoms with Crippen molar-refractivity contribution in [3.8, 4) is 0 Å². The second kappa shape index (κ2) is 7.76. The van der Waals surface area contributed by atoms with E-state index in [0.717, 1.165) is 12.2 Å². The SMILES string of the molecule is CCC(C(=O)Nc1ccc(N)cc1)N(CC)CCO. The maximum atomic E-state index is 12.2. The van der Waals surface area contributed by atoms with E-state index >= 15 is 0 Å². The summed E-state index contributed by atoms with van der Waals surface area (Å²) in [4.78, 5) is 14.2. The van der Waals surface area contributed by atoms with Crippen LogP contribution in [0.4, 0.5) is 11.4 Å². The molecule has 4 N–H and O–H groups in total. The molecule has 0 aliphatic heterocycles. The van der Waals surface area contributed by atoms with Crippen LogP contribution in [0.2, 0.25) is 0 Å². The van der Waals surface area contributed by atoms with Crippen LogP contribution in [0.25, 0.3) is 0 Å². The third-order valence-corrected chi connectivity index (χ3v) is 3.10. The van der Waals surface area contributed by atoms with Crippen LogP contribution in [0, 0.1) is 0 Å². The molecule has 5 nitrogen and oxygen atoms in total. The number of aliphatic hydroxyl groups excluding tert-OH is 1. The lowest BCUT2D eigenvalue weighted by atomic mass is 10.1. The van der Waals surface area contributed by atoms with Gasteiger partial charge < -0.3 is 16.2 Å². The van der Waals surface area contributed by atoms with Gasteiger partial charge in [-0.05, 0) is 37.2 Å².